The van der Waals surface area contributed by atoms with E-state index in [1.54, 1.807) is 55.6 Å². The number of pyridine rings is 1. The van der Waals surface area contributed by atoms with Crippen LogP contribution in [0.5, 0.6) is 0 Å². The molecule has 0 aliphatic rings. The molecular weight excluding hydrogens is 228 g/mol. The van der Waals surface area contributed by atoms with Gasteiger partial charge in [-0.3, -0.25) is 9.78 Å². The first-order valence-electron chi connectivity index (χ1n) is 5.67. The second-order valence-corrected chi connectivity index (χ2v) is 3.97. The molecule has 1 aromatic heterocycles. The molecule has 0 aliphatic heterocycles. The average Bonchev–Trinajstić information content (AvgIpc) is 2.40. The van der Waals surface area contributed by atoms with Crippen LogP contribution < -0.4 is 5.32 Å². The predicted octanol–water partition coefficient (Wildman–Crippen LogP) is 2.39. The van der Waals surface area contributed by atoms with E-state index >= 15 is 0 Å². The second-order valence-electron chi connectivity index (χ2n) is 3.97. The summed E-state index contributed by atoms with van der Waals surface area (Å²) in [5.74, 6) is -0.250. The van der Waals surface area contributed by atoms with Gasteiger partial charge in [0.25, 0.3) is 5.91 Å². The highest BCUT2D eigenvalue weighted by Gasteiger charge is 2.07. The summed E-state index contributed by atoms with van der Waals surface area (Å²) in [5.41, 5.74) is 1.86. The van der Waals surface area contributed by atoms with Gasteiger partial charge in [0, 0.05) is 11.9 Å². The van der Waals surface area contributed by atoms with Crippen LogP contribution in [-0.4, -0.2) is 16.0 Å². The number of aromatic nitrogens is 1. The van der Waals surface area contributed by atoms with Crippen molar-refractivity contribution in [2.45, 2.75) is 13.0 Å². The van der Waals surface area contributed by atoms with Gasteiger partial charge in [-0.05, 0) is 36.8 Å². The fourth-order valence-electron chi connectivity index (χ4n) is 1.54. The van der Waals surface area contributed by atoms with Crippen LogP contribution in [0.25, 0.3) is 0 Å². The van der Waals surface area contributed by atoms with Gasteiger partial charge in [-0.15, -0.1) is 0 Å². The van der Waals surface area contributed by atoms with Crippen LogP contribution in [-0.2, 0) is 0 Å². The number of carbonyl (C=O) groups excluding carboxylic acids is 1. The Hall–Kier alpha value is -2.20. The first-order valence-corrected chi connectivity index (χ1v) is 5.67. The lowest BCUT2D eigenvalue weighted by Crippen LogP contribution is -2.13. The maximum absolute atomic E-state index is 11.8. The van der Waals surface area contributed by atoms with Crippen LogP contribution in [0, 0.1) is 0 Å². The van der Waals surface area contributed by atoms with Crippen molar-refractivity contribution in [3.05, 3.63) is 59.9 Å². The van der Waals surface area contributed by atoms with E-state index in [9.17, 15) is 9.90 Å². The molecule has 1 atom stereocenters. The van der Waals surface area contributed by atoms with E-state index in [1.807, 2.05) is 0 Å². The van der Waals surface area contributed by atoms with Crippen LogP contribution >= 0.6 is 0 Å². The summed E-state index contributed by atoms with van der Waals surface area (Å²) in [7, 11) is 0. The SMILES string of the molecule is CC(O)c1ccc(NC(=O)c2ccccn2)cc1. The van der Waals surface area contributed by atoms with Gasteiger partial charge in [-0.1, -0.05) is 18.2 Å². The zero-order valence-electron chi connectivity index (χ0n) is 10.00. The standard InChI is InChI=1S/C14H14N2O2/c1-10(17)11-5-7-12(8-6-11)16-14(18)13-4-2-3-9-15-13/h2-10,17H,1H3,(H,16,18). The zero-order chi connectivity index (χ0) is 13.0. The molecule has 1 amide bonds. The molecule has 0 saturated carbocycles. The third kappa shape index (κ3) is 2.93. The number of aliphatic hydroxyl groups is 1. The third-order valence-corrected chi connectivity index (χ3v) is 2.55. The highest BCUT2D eigenvalue weighted by atomic mass is 16.3. The molecule has 1 unspecified atom stereocenters. The summed E-state index contributed by atoms with van der Waals surface area (Å²) >= 11 is 0. The number of hydrogen-bond donors (Lipinski definition) is 2. The highest BCUT2D eigenvalue weighted by Crippen LogP contribution is 2.15. The molecule has 4 heteroatoms. The summed E-state index contributed by atoms with van der Waals surface area (Å²) in [6.45, 7) is 1.70. The number of benzene rings is 1. The van der Waals surface area contributed by atoms with Crippen molar-refractivity contribution in [3.63, 3.8) is 0 Å². The van der Waals surface area contributed by atoms with Crippen molar-refractivity contribution < 1.29 is 9.90 Å². The first-order chi connectivity index (χ1) is 8.66. The molecule has 1 heterocycles. The van der Waals surface area contributed by atoms with Crippen LogP contribution in [0.15, 0.2) is 48.7 Å². The number of amides is 1. The molecule has 4 nitrogen and oxygen atoms in total. The van der Waals surface area contributed by atoms with Gasteiger partial charge in [-0.2, -0.15) is 0 Å². The molecule has 18 heavy (non-hydrogen) atoms. The lowest BCUT2D eigenvalue weighted by molar-refractivity contribution is 0.102. The number of carbonyl (C=O) groups is 1. The summed E-state index contributed by atoms with van der Waals surface area (Å²) in [6.07, 6.45) is 1.07. The van der Waals surface area contributed by atoms with Gasteiger partial charge in [0.1, 0.15) is 5.69 Å². The van der Waals surface area contributed by atoms with E-state index in [4.69, 9.17) is 0 Å². The van der Waals surface area contributed by atoms with Crippen LogP contribution in [0.4, 0.5) is 5.69 Å². The average molecular weight is 242 g/mol. The Morgan fingerprint density at radius 1 is 1.22 bits per heavy atom. The maximum Gasteiger partial charge on any atom is 0.274 e. The Morgan fingerprint density at radius 2 is 1.94 bits per heavy atom. The molecule has 1 aromatic carbocycles. The molecule has 0 fully saturated rings. The van der Waals surface area contributed by atoms with Crippen molar-refractivity contribution in [2.75, 3.05) is 5.32 Å². The number of anilines is 1. The molecule has 92 valence electrons. The molecule has 0 spiro atoms. The Kier molecular flexibility index (Phi) is 3.69. The monoisotopic (exact) mass is 242 g/mol. The van der Waals surface area contributed by atoms with Gasteiger partial charge in [0.15, 0.2) is 0 Å². The fraction of sp³-hybridized carbons (Fsp3) is 0.143. The largest absolute Gasteiger partial charge is 0.389 e. The Bertz CT molecular complexity index is 521. The summed E-state index contributed by atoms with van der Waals surface area (Å²) in [4.78, 5) is 15.8. The van der Waals surface area contributed by atoms with Crippen molar-refractivity contribution in [3.8, 4) is 0 Å². The van der Waals surface area contributed by atoms with E-state index in [0.29, 0.717) is 11.4 Å². The lowest BCUT2D eigenvalue weighted by Gasteiger charge is -2.07. The van der Waals surface area contributed by atoms with Gasteiger partial charge < -0.3 is 10.4 Å². The van der Waals surface area contributed by atoms with E-state index in [2.05, 4.69) is 10.3 Å². The van der Waals surface area contributed by atoms with E-state index < -0.39 is 6.10 Å². The number of nitrogens with one attached hydrogen (secondary N) is 1. The van der Waals surface area contributed by atoms with Gasteiger partial charge in [0.2, 0.25) is 0 Å². The Morgan fingerprint density at radius 3 is 2.50 bits per heavy atom. The maximum atomic E-state index is 11.8. The molecule has 0 radical (unpaired) electrons. The predicted molar refractivity (Wildman–Crippen MR) is 69.3 cm³/mol. The molecule has 2 N–H and O–H groups in total. The third-order valence-electron chi connectivity index (χ3n) is 2.55. The summed E-state index contributed by atoms with van der Waals surface area (Å²) < 4.78 is 0. The van der Waals surface area contributed by atoms with Gasteiger partial charge in [0.05, 0.1) is 6.10 Å². The molecule has 2 rings (SSSR count). The van der Waals surface area contributed by atoms with Crippen LogP contribution in [0.1, 0.15) is 29.1 Å². The first kappa shape index (κ1) is 12.3. The summed E-state index contributed by atoms with van der Waals surface area (Å²) in [6, 6.07) is 12.2. The number of hydrogen-bond acceptors (Lipinski definition) is 3. The van der Waals surface area contributed by atoms with E-state index in [1.165, 1.54) is 0 Å². The number of nitrogens with zero attached hydrogens (tertiary/aromatic N) is 1. The number of aliphatic hydroxyl groups excluding tert-OH is 1. The minimum atomic E-state index is -0.509. The molecule has 0 saturated heterocycles. The highest BCUT2D eigenvalue weighted by molar-refractivity contribution is 6.02. The quantitative estimate of drug-likeness (QED) is 0.868. The summed E-state index contributed by atoms with van der Waals surface area (Å²) in [5, 5.41) is 12.1. The van der Waals surface area contributed by atoms with E-state index in [0.717, 1.165) is 5.56 Å². The minimum absolute atomic E-state index is 0.250. The fourth-order valence-corrected chi connectivity index (χ4v) is 1.54. The van der Waals surface area contributed by atoms with Gasteiger partial charge >= 0.3 is 0 Å². The second kappa shape index (κ2) is 5.42. The van der Waals surface area contributed by atoms with Crippen LogP contribution in [0.2, 0.25) is 0 Å². The van der Waals surface area contributed by atoms with Crippen molar-refractivity contribution >= 4 is 11.6 Å². The minimum Gasteiger partial charge on any atom is -0.389 e. The molecule has 2 aromatic rings. The lowest BCUT2D eigenvalue weighted by atomic mass is 10.1. The van der Waals surface area contributed by atoms with Gasteiger partial charge in [-0.25, -0.2) is 0 Å². The van der Waals surface area contributed by atoms with E-state index in [-0.39, 0.29) is 5.91 Å². The topological polar surface area (TPSA) is 62.2 Å². The van der Waals surface area contributed by atoms with Crippen molar-refractivity contribution in [1.82, 2.24) is 4.98 Å². The zero-order valence-corrected chi connectivity index (χ0v) is 10.00. The molecular formula is C14H14N2O2. The van der Waals surface area contributed by atoms with Crippen molar-refractivity contribution in [2.24, 2.45) is 0 Å². The van der Waals surface area contributed by atoms with Crippen molar-refractivity contribution in [1.29, 1.82) is 0 Å². The Balaban J connectivity index is 2.08. The molecule has 0 bridgehead atoms. The van der Waals surface area contributed by atoms with Crippen LogP contribution in [0.3, 0.4) is 0 Å². The molecule has 0 aliphatic carbocycles. The number of rotatable bonds is 3. The normalized spacial score (nSPS) is 11.9. The smallest absolute Gasteiger partial charge is 0.274 e. The Labute approximate surface area is 105 Å².